The van der Waals surface area contributed by atoms with Crippen LogP contribution < -0.4 is 0 Å². The number of halogens is 2. The smallest absolute Gasteiger partial charge is 0.410 e. The van der Waals surface area contributed by atoms with E-state index in [1.54, 1.807) is 58.0 Å². The average molecular weight is 560 g/mol. The molecule has 0 aromatic heterocycles. The molecule has 218 valence electrons. The van der Waals surface area contributed by atoms with Crippen LogP contribution in [0.5, 0.6) is 0 Å². The fourth-order valence-corrected chi connectivity index (χ4v) is 4.49. The van der Waals surface area contributed by atoms with E-state index < -0.39 is 53.8 Å². The molecule has 1 saturated heterocycles. The summed E-state index contributed by atoms with van der Waals surface area (Å²) in [6, 6.07) is 17.7. The number of carbonyl (C=O) groups excluding carboxylic acids is 3. The first-order valence-corrected chi connectivity index (χ1v) is 13.6. The molecule has 2 aromatic carbocycles. The predicted molar refractivity (Wildman–Crippen MR) is 146 cm³/mol. The van der Waals surface area contributed by atoms with E-state index in [1.807, 2.05) is 30.3 Å². The van der Waals surface area contributed by atoms with Gasteiger partial charge in [0.15, 0.2) is 0 Å². The van der Waals surface area contributed by atoms with Crippen molar-refractivity contribution in [2.24, 2.45) is 5.92 Å². The number of nitrogens with zero attached hydrogens (tertiary/aromatic N) is 1. The summed E-state index contributed by atoms with van der Waals surface area (Å²) in [4.78, 5) is 39.9. The number of hydrogen-bond donors (Lipinski definition) is 0. The number of rotatable bonds is 12. The lowest BCUT2D eigenvalue weighted by Crippen LogP contribution is -2.57. The van der Waals surface area contributed by atoms with Crippen LogP contribution in [0.2, 0.25) is 0 Å². The monoisotopic (exact) mass is 559 g/mol. The number of likely N-dealkylation sites (tertiary alicyclic amines) is 1. The van der Waals surface area contributed by atoms with E-state index in [4.69, 9.17) is 14.2 Å². The zero-order chi connectivity index (χ0) is 29.3. The number of benzene rings is 2. The average Bonchev–Trinajstić information content (AvgIpc) is 2.90. The van der Waals surface area contributed by atoms with E-state index in [-0.39, 0.29) is 32.5 Å². The predicted octanol–water partition coefficient (Wildman–Crippen LogP) is 5.99. The van der Waals surface area contributed by atoms with Gasteiger partial charge in [-0.2, -0.15) is 8.78 Å². The highest BCUT2D eigenvalue weighted by Crippen LogP contribution is 2.33. The van der Waals surface area contributed by atoms with Gasteiger partial charge in [0.25, 0.3) is 0 Å². The van der Waals surface area contributed by atoms with Gasteiger partial charge in [0.1, 0.15) is 23.4 Å². The largest absolute Gasteiger partial charge is 0.444 e. The van der Waals surface area contributed by atoms with Crippen molar-refractivity contribution < 1.29 is 37.4 Å². The van der Waals surface area contributed by atoms with Crippen molar-refractivity contribution >= 4 is 17.7 Å². The third-order valence-electron chi connectivity index (χ3n) is 6.63. The quantitative estimate of drug-likeness (QED) is 0.235. The number of alkyl halides is 2. The second-order valence-electron chi connectivity index (χ2n) is 11.2. The summed E-state index contributed by atoms with van der Waals surface area (Å²) in [6.07, 6.45) is -2.68. The topological polar surface area (TPSA) is 82.1 Å². The lowest BCUT2D eigenvalue weighted by Gasteiger charge is -2.38. The number of Topliss-reactive ketones (excluding diaryl/α,β-unsaturated/α-hetero) is 2. The molecule has 0 saturated carbocycles. The Labute approximate surface area is 234 Å². The Morgan fingerprint density at radius 1 is 0.975 bits per heavy atom. The molecule has 1 aliphatic heterocycles. The van der Waals surface area contributed by atoms with Crippen LogP contribution in [0.1, 0.15) is 58.1 Å². The van der Waals surface area contributed by atoms with Crippen LogP contribution in [0.4, 0.5) is 13.6 Å². The summed E-state index contributed by atoms with van der Waals surface area (Å²) >= 11 is 0. The maximum atomic E-state index is 15.8. The van der Waals surface area contributed by atoms with Crippen LogP contribution in [-0.2, 0) is 37.0 Å². The van der Waals surface area contributed by atoms with Gasteiger partial charge < -0.3 is 19.1 Å². The normalized spacial score (nSPS) is 18.9. The van der Waals surface area contributed by atoms with Crippen LogP contribution in [0.25, 0.3) is 0 Å². The lowest BCUT2D eigenvalue weighted by atomic mass is 9.84. The van der Waals surface area contributed by atoms with Gasteiger partial charge in [-0.05, 0) is 51.7 Å². The van der Waals surface area contributed by atoms with Crippen molar-refractivity contribution in [3.63, 3.8) is 0 Å². The maximum absolute atomic E-state index is 15.8. The van der Waals surface area contributed by atoms with E-state index in [0.717, 1.165) is 5.56 Å². The van der Waals surface area contributed by atoms with Crippen molar-refractivity contribution in [3.05, 3.63) is 71.8 Å². The third-order valence-corrected chi connectivity index (χ3v) is 6.63. The SMILES string of the molecule is C[C@@H]1CC(=O)C(C(=O)C(F)(F)C(CCCOCc2ccccc2)OCc2ccccc2)CN1C(=O)OC(C)(C)C. The number of hydrogen-bond acceptors (Lipinski definition) is 6. The Morgan fingerprint density at radius 2 is 1.55 bits per heavy atom. The number of piperidine rings is 1. The molecule has 0 N–H and O–H groups in total. The molecule has 1 fully saturated rings. The van der Waals surface area contributed by atoms with Crippen LogP contribution >= 0.6 is 0 Å². The van der Waals surface area contributed by atoms with Gasteiger partial charge in [-0.1, -0.05) is 60.7 Å². The Kier molecular flexibility index (Phi) is 10.9. The Morgan fingerprint density at radius 3 is 2.12 bits per heavy atom. The van der Waals surface area contributed by atoms with Crippen molar-refractivity contribution in [3.8, 4) is 0 Å². The molecule has 3 rings (SSSR count). The first kappa shape index (κ1) is 31.4. The van der Waals surface area contributed by atoms with Crippen LogP contribution in [-0.4, -0.2) is 59.4 Å². The number of carbonyl (C=O) groups is 3. The number of amides is 1. The molecule has 2 aromatic rings. The molecule has 7 nitrogen and oxygen atoms in total. The van der Waals surface area contributed by atoms with E-state index >= 15 is 8.78 Å². The first-order valence-electron chi connectivity index (χ1n) is 13.6. The molecule has 1 heterocycles. The molecular formula is C31H39F2NO6. The zero-order valence-corrected chi connectivity index (χ0v) is 23.6. The molecular weight excluding hydrogens is 520 g/mol. The molecule has 40 heavy (non-hydrogen) atoms. The second-order valence-corrected chi connectivity index (χ2v) is 11.2. The van der Waals surface area contributed by atoms with Gasteiger partial charge >= 0.3 is 12.0 Å². The molecule has 3 atom stereocenters. The first-order chi connectivity index (χ1) is 18.9. The summed E-state index contributed by atoms with van der Waals surface area (Å²) in [7, 11) is 0. The minimum absolute atomic E-state index is 0.126. The molecule has 9 heteroatoms. The molecule has 1 amide bonds. The lowest BCUT2D eigenvalue weighted by molar-refractivity contribution is -0.179. The Hall–Kier alpha value is -3.17. The molecule has 1 aliphatic rings. The molecule has 0 bridgehead atoms. The van der Waals surface area contributed by atoms with Gasteiger partial charge in [0.05, 0.1) is 13.2 Å². The van der Waals surface area contributed by atoms with Crippen LogP contribution in [0, 0.1) is 5.92 Å². The van der Waals surface area contributed by atoms with E-state index in [0.29, 0.717) is 12.2 Å². The highest BCUT2D eigenvalue weighted by molar-refractivity contribution is 6.07. The minimum atomic E-state index is -3.96. The highest BCUT2D eigenvalue weighted by atomic mass is 19.3. The van der Waals surface area contributed by atoms with Gasteiger partial charge in [-0.15, -0.1) is 0 Å². The highest BCUT2D eigenvalue weighted by Gasteiger charge is 2.54. The molecule has 0 spiro atoms. The van der Waals surface area contributed by atoms with Crippen molar-refractivity contribution in [2.45, 2.75) is 83.8 Å². The zero-order valence-electron chi connectivity index (χ0n) is 23.6. The second kappa shape index (κ2) is 13.9. The van der Waals surface area contributed by atoms with Crippen LogP contribution in [0.3, 0.4) is 0 Å². The summed E-state index contributed by atoms with van der Waals surface area (Å²) in [5.74, 6) is -7.79. The fraction of sp³-hybridized carbons (Fsp3) is 0.516. The standard InChI is InChI=1S/C31H39F2NO6/c1-22-18-26(35)25(19-34(22)29(37)40-30(2,3)4)28(36)31(32,33)27(39-21-24-14-9-6-10-15-24)16-11-17-38-20-23-12-7-5-8-13-23/h5-10,12-15,22,25,27H,11,16-21H2,1-4H3/t22-,25?,27?/m1/s1. The van der Waals surface area contributed by atoms with Gasteiger partial charge in [0.2, 0.25) is 5.78 Å². The number of ether oxygens (including phenoxy) is 3. The Bertz CT molecular complexity index is 1120. The summed E-state index contributed by atoms with van der Waals surface area (Å²) < 4.78 is 48.3. The minimum Gasteiger partial charge on any atom is -0.444 e. The van der Waals surface area contributed by atoms with E-state index in [1.165, 1.54) is 4.90 Å². The van der Waals surface area contributed by atoms with Gasteiger partial charge in [0, 0.05) is 25.6 Å². The molecule has 2 unspecified atom stereocenters. The van der Waals surface area contributed by atoms with Gasteiger partial charge in [-0.3, -0.25) is 9.59 Å². The van der Waals surface area contributed by atoms with Crippen molar-refractivity contribution in [2.75, 3.05) is 13.2 Å². The number of ketones is 2. The van der Waals surface area contributed by atoms with Crippen LogP contribution in [0.15, 0.2) is 60.7 Å². The third kappa shape index (κ3) is 8.93. The maximum Gasteiger partial charge on any atom is 0.410 e. The van der Waals surface area contributed by atoms with Crippen molar-refractivity contribution in [1.29, 1.82) is 0 Å². The van der Waals surface area contributed by atoms with Gasteiger partial charge in [-0.25, -0.2) is 4.79 Å². The van der Waals surface area contributed by atoms with Crippen molar-refractivity contribution in [1.82, 2.24) is 4.90 Å². The molecule has 0 radical (unpaired) electrons. The summed E-state index contributed by atoms with van der Waals surface area (Å²) in [5.41, 5.74) is 0.815. The molecule has 0 aliphatic carbocycles. The van der Waals surface area contributed by atoms with E-state index in [2.05, 4.69) is 0 Å². The van der Waals surface area contributed by atoms with E-state index in [9.17, 15) is 14.4 Å². The summed E-state index contributed by atoms with van der Waals surface area (Å²) in [5, 5.41) is 0. The Balaban J connectivity index is 1.70. The fourth-order valence-electron chi connectivity index (χ4n) is 4.49. The summed E-state index contributed by atoms with van der Waals surface area (Å²) in [6.45, 7) is 6.60.